The van der Waals surface area contributed by atoms with E-state index >= 15 is 0 Å². The summed E-state index contributed by atoms with van der Waals surface area (Å²) < 4.78 is 5.11. The summed E-state index contributed by atoms with van der Waals surface area (Å²) in [6.45, 7) is 4.69. The average molecular weight is 321 g/mol. The summed E-state index contributed by atoms with van der Waals surface area (Å²) >= 11 is 0. The second-order valence-electron chi connectivity index (χ2n) is 5.74. The number of carbonyl (C=O) groups excluding carboxylic acids is 1. The summed E-state index contributed by atoms with van der Waals surface area (Å²) in [7, 11) is 1.68. The molecule has 0 aromatic heterocycles. The maximum Gasteiger partial charge on any atom is 0.273 e. The number of hydrogen-bond donors (Lipinski definition) is 1. The van der Waals surface area contributed by atoms with Gasteiger partial charge in [0.05, 0.1) is 11.5 Å². The van der Waals surface area contributed by atoms with Crippen molar-refractivity contribution in [2.75, 3.05) is 33.4 Å². The summed E-state index contributed by atoms with van der Waals surface area (Å²) in [5.74, 6) is -0.259. The van der Waals surface area contributed by atoms with Crippen molar-refractivity contribution in [3.05, 3.63) is 39.4 Å². The highest BCUT2D eigenvalue weighted by molar-refractivity contribution is 5.96. The zero-order valence-electron chi connectivity index (χ0n) is 13.6. The molecule has 1 N–H and O–H groups in total. The summed E-state index contributed by atoms with van der Waals surface area (Å²) in [5, 5.41) is 13.9. The first-order chi connectivity index (χ1) is 11.0. The van der Waals surface area contributed by atoms with Gasteiger partial charge in [0.1, 0.15) is 0 Å². The van der Waals surface area contributed by atoms with E-state index in [0.29, 0.717) is 30.3 Å². The van der Waals surface area contributed by atoms with Gasteiger partial charge in [0.15, 0.2) is 0 Å². The molecular formula is C16H23N3O4. The van der Waals surface area contributed by atoms with Gasteiger partial charge in [0.25, 0.3) is 11.6 Å². The Labute approximate surface area is 135 Å². The lowest BCUT2D eigenvalue weighted by molar-refractivity contribution is -0.385. The quantitative estimate of drug-likeness (QED) is 0.611. The van der Waals surface area contributed by atoms with E-state index in [1.54, 1.807) is 26.2 Å². The zero-order chi connectivity index (χ0) is 16.8. The molecule has 23 heavy (non-hydrogen) atoms. The van der Waals surface area contributed by atoms with E-state index in [9.17, 15) is 14.9 Å². The molecule has 1 atom stereocenters. The fourth-order valence-electron chi connectivity index (χ4n) is 3.00. The van der Waals surface area contributed by atoms with Crippen LogP contribution in [0.25, 0.3) is 0 Å². The Morgan fingerprint density at radius 2 is 2.30 bits per heavy atom. The molecule has 126 valence electrons. The first kappa shape index (κ1) is 17.4. The van der Waals surface area contributed by atoms with Gasteiger partial charge in [-0.3, -0.25) is 19.8 Å². The maximum absolute atomic E-state index is 12.3. The number of nitro benzene ring substituents is 1. The van der Waals surface area contributed by atoms with Crippen LogP contribution in [0.3, 0.4) is 0 Å². The van der Waals surface area contributed by atoms with Crippen LogP contribution >= 0.6 is 0 Å². The van der Waals surface area contributed by atoms with Crippen LogP contribution in [0.15, 0.2) is 18.2 Å². The minimum atomic E-state index is -0.463. The smallest absolute Gasteiger partial charge is 0.273 e. The highest BCUT2D eigenvalue weighted by Gasteiger charge is 2.25. The van der Waals surface area contributed by atoms with E-state index in [0.717, 1.165) is 25.9 Å². The third-order valence-corrected chi connectivity index (χ3v) is 4.33. The molecule has 7 nitrogen and oxygen atoms in total. The summed E-state index contributed by atoms with van der Waals surface area (Å²) in [6.07, 6.45) is 2.15. The van der Waals surface area contributed by atoms with E-state index in [-0.39, 0.29) is 11.6 Å². The van der Waals surface area contributed by atoms with Gasteiger partial charge in [-0.2, -0.15) is 0 Å². The predicted octanol–water partition coefficient (Wildman–Crippen LogP) is 1.74. The van der Waals surface area contributed by atoms with Crippen LogP contribution < -0.4 is 5.32 Å². The molecule has 1 heterocycles. The maximum atomic E-state index is 12.3. The largest absolute Gasteiger partial charge is 0.383 e. The molecule has 1 aliphatic rings. The molecule has 1 amide bonds. The van der Waals surface area contributed by atoms with Crippen LogP contribution in [0.4, 0.5) is 5.69 Å². The second-order valence-corrected chi connectivity index (χ2v) is 5.74. The lowest BCUT2D eigenvalue weighted by Gasteiger charge is -2.24. The Kier molecular flexibility index (Phi) is 6.06. The number of benzene rings is 1. The molecule has 2 rings (SSSR count). The fourth-order valence-corrected chi connectivity index (χ4v) is 3.00. The van der Waals surface area contributed by atoms with Crippen molar-refractivity contribution in [1.29, 1.82) is 0 Å². The monoisotopic (exact) mass is 321 g/mol. The number of nitrogens with zero attached hydrogens (tertiary/aromatic N) is 2. The second kappa shape index (κ2) is 8.03. The van der Waals surface area contributed by atoms with Crippen LogP contribution in [0.2, 0.25) is 0 Å². The number of amides is 1. The zero-order valence-corrected chi connectivity index (χ0v) is 13.6. The molecule has 1 unspecified atom stereocenters. The number of nitro groups is 1. The highest BCUT2D eigenvalue weighted by Crippen LogP contribution is 2.21. The normalized spacial score (nSPS) is 18.1. The Bertz CT molecular complexity index is 576. The average Bonchev–Trinajstić information content (AvgIpc) is 2.97. The fraction of sp³-hybridized carbons (Fsp3) is 0.562. The first-order valence-corrected chi connectivity index (χ1v) is 7.79. The molecule has 1 aliphatic heterocycles. The van der Waals surface area contributed by atoms with Gasteiger partial charge in [-0.05, 0) is 32.4 Å². The highest BCUT2D eigenvalue weighted by atomic mass is 16.6. The van der Waals surface area contributed by atoms with E-state index in [2.05, 4.69) is 10.2 Å². The van der Waals surface area contributed by atoms with Gasteiger partial charge in [0.2, 0.25) is 0 Å². The van der Waals surface area contributed by atoms with Gasteiger partial charge in [0, 0.05) is 43.4 Å². The summed E-state index contributed by atoms with van der Waals surface area (Å²) in [5.41, 5.74) is 0.735. The molecule has 1 saturated heterocycles. The van der Waals surface area contributed by atoms with Crippen LogP contribution in [0, 0.1) is 17.0 Å². The number of ether oxygens (including phenoxy) is 1. The van der Waals surface area contributed by atoms with Crippen molar-refractivity contribution < 1.29 is 14.5 Å². The Balaban J connectivity index is 1.97. The van der Waals surface area contributed by atoms with Crippen molar-refractivity contribution in [2.24, 2.45) is 0 Å². The Morgan fingerprint density at radius 3 is 3.00 bits per heavy atom. The van der Waals surface area contributed by atoms with Crippen LogP contribution in [-0.2, 0) is 4.74 Å². The lowest BCUT2D eigenvalue weighted by Crippen LogP contribution is -2.41. The van der Waals surface area contributed by atoms with Gasteiger partial charge < -0.3 is 10.1 Å². The van der Waals surface area contributed by atoms with Crippen LogP contribution in [0.1, 0.15) is 28.8 Å². The molecule has 0 saturated carbocycles. The standard InChI is InChI=1S/C16H23N3O4/c1-12-14(6-3-7-15(12)19(21)22)16(20)17-11-13-5-4-8-18(13)9-10-23-2/h3,6-7,13H,4-5,8-11H2,1-2H3,(H,17,20). The predicted molar refractivity (Wildman–Crippen MR) is 86.6 cm³/mol. The molecule has 1 fully saturated rings. The van der Waals surface area contributed by atoms with Crippen LogP contribution in [-0.4, -0.2) is 55.1 Å². The van der Waals surface area contributed by atoms with Crippen LogP contribution in [0.5, 0.6) is 0 Å². The number of methoxy groups -OCH3 is 1. The molecule has 0 aliphatic carbocycles. The van der Waals surface area contributed by atoms with Gasteiger partial charge in [-0.1, -0.05) is 6.07 Å². The topological polar surface area (TPSA) is 84.7 Å². The van der Waals surface area contributed by atoms with E-state index < -0.39 is 4.92 Å². The molecule has 0 spiro atoms. The molecular weight excluding hydrogens is 298 g/mol. The Hall–Kier alpha value is -1.99. The third-order valence-electron chi connectivity index (χ3n) is 4.33. The van der Waals surface area contributed by atoms with Gasteiger partial charge in [-0.25, -0.2) is 0 Å². The summed E-state index contributed by atoms with van der Waals surface area (Å²) in [6, 6.07) is 4.87. The first-order valence-electron chi connectivity index (χ1n) is 7.79. The molecule has 1 aromatic carbocycles. The van der Waals surface area contributed by atoms with E-state index in [4.69, 9.17) is 4.74 Å². The van der Waals surface area contributed by atoms with Crippen molar-refractivity contribution in [3.8, 4) is 0 Å². The molecule has 7 heteroatoms. The number of rotatable bonds is 7. The summed E-state index contributed by atoms with van der Waals surface area (Å²) in [4.78, 5) is 25.2. The van der Waals surface area contributed by atoms with Gasteiger partial charge in [-0.15, -0.1) is 0 Å². The number of hydrogen-bond acceptors (Lipinski definition) is 5. The molecule has 0 radical (unpaired) electrons. The van der Waals surface area contributed by atoms with Gasteiger partial charge >= 0.3 is 0 Å². The lowest BCUT2D eigenvalue weighted by atomic mass is 10.1. The Morgan fingerprint density at radius 1 is 1.52 bits per heavy atom. The van der Waals surface area contributed by atoms with Crippen molar-refractivity contribution in [3.63, 3.8) is 0 Å². The SMILES string of the molecule is COCCN1CCCC1CNC(=O)c1cccc([N+](=O)[O-])c1C. The minimum absolute atomic E-state index is 0.0276. The number of nitrogens with one attached hydrogen (secondary N) is 1. The molecule has 1 aromatic rings. The van der Waals surface area contributed by atoms with E-state index in [1.807, 2.05) is 0 Å². The molecule has 0 bridgehead atoms. The number of carbonyl (C=O) groups is 1. The van der Waals surface area contributed by atoms with Crippen molar-refractivity contribution in [1.82, 2.24) is 10.2 Å². The minimum Gasteiger partial charge on any atom is -0.383 e. The number of likely N-dealkylation sites (tertiary alicyclic amines) is 1. The third kappa shape index (κ3) is 4.27. The van der Waals surface area contributed by atoms with Crippen molar-refractivity contribution >= 4 is 11.6 Å². The van der Waals surface area contributed by atoms with E-state index in [1.165, 1.54) is 6.07 Å². The van der Waals surface area contributed by atoms with Crippen molar-refractivity contribution in [2.45, 2.75) is 25.8 Å².